The Balaban J connectivity index is 1.12. The molecule has 2 heterocycles. The average molecular weight is 793 g/mol. The molecular weight excluding hydrogens is 753 g/mol. The molecule has 0 unspecified atom stereocenters. The van der Waals surface area contributed by atoms with Crippen LogP contribution in [0.4, 0.5) is 0 Å². The van der Waals surface area contributed by atoms with Crippen molar-refractivity contribution >= 4 is 32.6 Å². The summed E-state index contributed by atoms with van der Waals surface area (Å²) in [5.74, 6) is 1.80. The van der Waals surface area contributed by atoms with Crippen molar-refractivity contribution in [1.29, 1.82) is 0 Å². The summed E-state index contributed by atoms with van der Waals surface area (Å²) in [6.07, 6.45) is 0. The van der Waals surface area contributed by atoms with Crippen molar-refractivity contribution in [2.75, 3.05) is 0 Å². The largest absolute Gasteiger partial charge is 0.277 e. The van der Waals surface area contributed by atoms with Gasteiger partial charge in [-0.05, 0) is 61.5 Å². The second-order valence-corrected chi connectivity index (χ2v) is 16.8. The van der Waals surface area contributed by atoms with Crippen LogP contribution in [0.3, 0.4) is 0 Å². The number of benzene rings is 9. The fourth-order valence-electron chi connectivity index (χ4n) is 9.74. The summed E-state index contributed by atoms with van der Waals surface area (Å²) < 4.78 is 2.31. The minimum Gasteiger partial charge on any atom is -0.277 e. The first-order valence-electron chi connectivity index (χ1n) is 21.3. The number of nitrogens with zero attached hydrogens (tertiary/aromatic N) is 4. The Morgan fingerprint density at radius 1 is 0.339 bits per heavy atom. The normalized spacial score (nSPS) is 12.8. The molecule has 0 aliphatic heterocycles. The van der Waals surface area contributed by atoms with Gasteiger partial charge in [0.25, 0.3) is 0 Å². The second-order valence-electron chi connectivity index (χ2n) is 16.8. The molecule has 0 saturated heterocycles. The van der Waals surface area contributed by atoms with Gasteiger partial charge in [-0.1, -0.05) is 214 Å². The van der Waals surface area contributed by atoms with Gasteiger partial charge in [0.2, 0.25) is 5.95 Å². The fourth-order valence-corrected chi connectivity index (χ4v) is 9.74. The number of hydrogen-bond acceptors (Lipinski definition) is 3. The van der Waals surface area contributed by atoms with Crippen LogP contribution < -0.4 is 0 Å². The molecule has 1 aliphatic carbocycles. The molecular formula is C58H40N4. The zero-order chi connectivity index (χ0) is 41.4. The van der Waals surface area contributed by atoms with Crippen LogP contribution in [-0.2, 0) is 5.41 Å². The highest BCUT2D eigenvalue weighted by molar-refractivity contribution is 6.21. The molecule has 4 nitrogen and oxygen atoms in total. The van der Waals surface area contributed by atoms with E-state index in [4.69, 9.17) is 15.0 Å². The molecule has 0 bridgehead atoms. The molecule has 0 radical (unpaired) electrons. The SMILES string of the molecule is CC1(C)c2ccccc2-c2ccc(-c3cccc4c5ccc6ccccc6c5n(-c5nc(-c6ccc(-c7ccccc7)cc6)nc(-c6ccc(-c7ccccc7)cc6)n5)c34)cc21. The van der Waals surface area contributed by atoms with Crippen molar-refractivity contribution < 1.29 is 0 Å². The van der Waals surface area contributed by atoms with Gasteiger partial charge >= 0.3 is 0 Å². The Bertz CT molecular complexity index is 3410. The maximum Gasteiger partial charge on any atom is 0.238 e. The Labute approximate surface area is 360 Å². The predicted octanol–water partition coefficient (Wildman–Crippen LogP) is 14.8. The first-order valence-corrected chi connectivity index (χ1v) is 21.3. The van der Waals surface area contributed by atoms with Crippen LogP contribution in [0, 0.1) is 0 Å². The molecule has 12 rings (SSSR count). The van der Waals surface area contributed by atoms with Gasteiger partial charge in [0, 0.05) is 38.3 Å². The lowest BCUT2D eigenvalue weighted by Crippen LogP contribution is -2.14. The molecule has 0 atom stereocenters. The lowest BCUT2D eigenvalue weighted by Gasteiger charge is -2.22. The van der Waals surface area contributed by atoms with Crippen LogP contribution in [0.25, 0.3) is 106 Å². The van der Waals surface area contributed by atoms with E-state index in [2.05, 4.69) is 213 Å². The lowest BCUT2D eigenvalue weighted by molar-refractivity contribution is 0.660. The first kappa shape index (κ1) is 35.9. The summed E-state index contributed by atoms with van der Waals surface area (Å²) in [6, 6.07) is 73.7. The second kappa shape index (κ2) is 14.1. The van der Waals surface area contributed by atoms with Gasteiger partial charge in [0.05, 0.1) is 11.0 Å². The topological polar surface area (TPSA) is 43.6 Å². The number of aromatic nitrogens is 4. The molecule has 0 saturated carbocycles. The molecule has 62 heavy (non-hydrogen) atoms. The van der Waals surface area contributed by atoms with Crippen molar-refractivity contribution in [3.63, 3.8) is 0 Å². The third-order valence-corrected chi connectivity index (χ3v) is 12.9. The van der Waals surface area contributed by atoms with Crippen molar-refractivity contribution in [1.82, 2.24) is 19.5 Å². The van der Waals surface area contributed by atoms with Gasteiger partial charge in [-0.15, -0.1) is 0 Å². The number of hydrogen-bond donors (Lipinski definition) is 0. The van der Waals surface area contributed by atoms with Gasteiger partial charge in [-0.3, -0.25) is 4.57 Å². The molecule has 9 aromatic carbocycles. The third kappa shape index (κ3) is 5.72. The molecule has 0 N–H and O–H groups in total. The van der Waals surface area contributed by atoms with E-state index < -0.39 is 0 Å². The predicted molar refractivity (Wildman–Crippen MR) is 256 cm³/mol. The summed E-state index contributed by atoms with van der Waals surface area (Å²) >= 11 is 0. The van der Waals surface area contributed by atoms with Crippen LogP contribution in [0.2, 0.25) is 0 Å². The highest BCUT2D eigenvalue weighted by atomic mass is 15.2. The van der Waals surface area contributed by atoms with Gasteiger partial charge in [0.15, 0.2) is 11.6 Å². The smallest absolute Gasteiger partial charge is 0.238 e. The number of fused-ring (bicyclic) bond motifs is 8. The van der Waals surface area contributed by atoms with E-state index in [1.165, 1.54) is 22.3 Å². The van der Waals surface area contributed by atoms with E-state index in [0.29, 0.717) is 17.6 Å². The zero-order valence-corrected chi connectivity index (χ0v) is 34.4. The van der Waals surface area contributed by atoms with E-state index in [1.807, 2.05) is 12.1 Å². The van der Waals surface area contributed by atoms with Crippen molar-refractivity contribution in [2.45, 2.75) is 19.3 Å². The highest BCUT2D eigenvalue weighted by Gasteiger charge is 2.35. The molecule has 0 spiro atoms. The molecule has 2 aromatic heterocycles. The van der Waals surface area contributed by atoms with Gasteiger partial charge < -0.3 is 0 Å². The van der Waals surface area contributed by atoms with E-state index in [1.54, 1.807) is 0 Å². The van der Waals surface area contributed by atoms with Crippen LogP contribution in [-0.4, -0.2) is 19.5 Å². The fraction of sp³-hybridized carbons (Fsp3) is 0.0517. The third-order valence-electron chi connectivity index (χ3n) is 12.9. The number of para-hydroxylation sites is 1. The minimum absolute atomic E-state index is 0.136. The Kier molecular flexibility index (Phi) is 8.16. The van der Waals surface area contributed by atoms with Crippen LogP contribution in [0.15, 0.2) is 206 Å². The van der Waals surface area contributed by atoms with Crippen molar-refractivity contribution in [2.24, 2.45) is 0 Å². The Morgan fingerprint density at radius 3 is 1.52 bits per heavy atom. The Morgan fingerprint density at radius 2 is 0.839 bits per heavy atom. The van der Waals surface area contributed by atoms with Gasteiger partial charge in [0.1, 0.15) is 0 Å². The summed E-state index contributed by atoms with van der Waals surface area (Å²) in [7, 11) is 0. The standard InChI is InChI=1S/C58H40N4/c1-58(2)51-23-12-11-20-47(51)48-34-33-44(36-52(48)58)46-21-13-22-49-50-35-32-41-18-9-10-19-45(41)53(50)62(54(46)49)57-60-55(42-28-24-39(25-29-42)37-14-5-3-6-15-37)59-56(61-57)43-30-26-40(27-31-43)38-16-7-4-8-17-38/h3-36H,1-2H3. The number of rotatable bonds is 6. The average Bonchev–Trinajstić information content (AvgIpc) is 3.81. The zero-order valence-electron chi connectivity index (χ0n) is 34.4. The maximum absolute atomic E-state index is 5.43. The summed E-state index contributed by atoms with van der Waals surface area (Å²) in [4.78, 5) is 16.1. The molecule has 11 aromatic rings. The molecule has 292 valence electrons. The molecule has 0 fully saturated rings. The summed E-state index contributed by atoms with van der Waals surface area (Å²) in [5.41, 5.74) is 16.0. The van der Waals surface area contributed by atoms with Gasteiger partial charge in [-0.2, -0.15) is 9.97 Å². The van der Waals surface area contributed by atoms with Gasteiger partial charge in [-0.25, -0.2) is 4.98 Å². The first-order chi connectivity index (χ1) is 30.5. The minimum atomic E-state index is -0.136. The van der Waals surface area contributed by atoms with Crippen LogP contribution in [0.5, 0.6) is 0 Å². The van der Waals surface area contributed by atoms with Crippen molar-refractivity contribution in [3.05, 3.63) is 217 Å². The quantitative estimate of drug-likeness (QED) is 0.168. The molecule has 0 amide bonds. The molecule has 4 heteroatoms. The summed E-state index contributed by atoms with van der Waals surface area (Å²) in [6.45, 7) is 4.69. The van der Waals surface area contributed by atoms with Crippen molar-refractivity contribution in [3.8, 4) is 73.2 Å². The van der Waals surface area contributed by atoms with Crippen LogP contribution in [0.1, 0.15) is 25.0 Å². The van der Waals surface area contributed by atoms with E-state index >= 15 is 0 Å². The molecule has 1 aliphatic rings. The summed E-state index contributed by atoms with van der Waals surface area (Å²) in [5, 5.41) is 4.59. The highest BCUT2D eigenvalue weighted by Crippen LogP contribution is 2.50. The van der Waals surface area contributed by atoms with E-state index in [9.17, 15) is 0 Å². The van der Waals surface area contributed by atoms with Crippen LogP contribution >= 0.6 is 0 Å². The Hall–Kier alpha value is -7.95. The lowest BCUT2D eigenvalue weighted by atomic mass is 9.81. The van der Waals surface area contributed by atoms with E-state index in [0.717, 1.165) is 77.1 Å². The van der Waals surface area contributed by atoms with E-state index in [-0.39, 0.29) is 5.41 Å². The maximum atomic E-state index is 5.43. The monoisotopic (exact) mass is 792 g/mol.